The molecule has 0 saturated heterocycles. The van der Waals surface area contributed by atoms with Gasteiger partial charge in [0.2, 0.25) is 0 Å². The molecule has 0 heterocycles. The maximum atomic E-state index is 12.9. The van der Waals surface area contributed by atoms with Gasteiger partial charge >= 0.3 is 5.97 Å². The van der Waals surface area contributed by atoms with E-state index in [1.54, 1.807) is 7.11 Å². The van der Waals surface area contributed by atoms with Crippen molar-refractivity contribution in [3.8, 4) is 5.75 Å². The Hall–Kier alpha value is -3.11. The van der Waals surface area contributed by atoms with Crippen molar-refractivity contribution in [3.05, 3.63) is 102 Å². The Morgan fingerprint density at radius 3 is 1.88 bits per heavy atom. The van der Waals surface area contributed by atoms with Crippen LogP contribution >= 0.6 is 0 Å². The summed E-state index contributed by atoms with van der Waals surface area (Å²) >= 11 is 0. The Bertz CT molecular complexity index is 963. The topological polar surface area (TPSA) is 38.8 Å². The molecule has 1 atom stereocenters. The van der Waals surface area contributed by atoms with Crippen LogP contribution in [0, 0.1) is 0 Å². The third kappa shape index (κ3) is 7.24. The molecule has 4 nitrogen and oxygen atoms in total. The summed E-state index contributed by atoms with van der Waals surface area (Å²) in [7, 11) is 1.67. The second-order valence-corrected chi connectivity index (χ2v) is 8.96. The first-order chi connectivity index (χ1) is 15.3. The number of nitrogens with zero attached hydrogens (tertiary/aromatic N) is 1. The van der Waals surface area contributed by atoms with Crippen molar-refractivity contribution in [2.45, 2.75) is 51.9 Å². The Morgan fingerprint density at radius 1 is 0.812 bits per heavy atom. The molecule has 1 unspecified atom stereocenters. The number of esters is 1. The highest BCUT2D eigenvalue weighted by molar-refractivity contribution is 5.71. The van der Waals surface area contributed by atoms with Gasteiger partial charge in [0.1, 0.15) is 11.4 Å². The number of benzene rings is 3. The zero-order valence-corrected chi connectivity index (χ0v) is 19.5. The molecule has 32 heavy (non-hydrogen) atoms. The number of methoxy groups -OCH3 is 1. The minimum Gasteiger partial charge on any atom is -0.497 e. The molecule has 0 N–H and O–H groups in total. The van der Waals surface area contributed by atoms with Crippen molar-refractivity contribution in [3.63, 3.8) is 0 Å². The Morgan fingerprint density at radius 2 is 1.34 bits per heavy atom. The van der Waals surface area contributed by atoms with Crippen molar-refractivity contribution in [2.24, 2.45) is 0 Å². The standard InChI is InChI=1S/C28H33NO3/c1-28(2,3)32-27(30)19-26(24-13-9-6-10-14-24)29(20-22-11-7-5-8-12-22)21-23-15-17-25(31-4)18-16-23/h5-18,26H,19-21H2,1-4H3. The van der Waals surface area contributed by atoms with Gasteiger partial charge in [-0.15, -0.1) is 0 Å². The minimum atomic E-state index is -0.515. The van der Waals surface area contributed by atoms with Crippen LogP contribution in [0.15, 0.2) is 84.9 Å². The lowest BCUT2D eigenvalue weighted by Gasteiger charge is -2.33. The summed E-state index contributed by atoms with van der Waals surface area (Å²) in [5, 5.41) is 0. The van der Waals surface area contributed by atoms with Crippen LogP contribution in [0.2, 0.25) is 0 Å². The number of carbonyl (C=O) groups excluding carboxylic acids is 1. The number of hydrogen-bond donors (Lipinski definition) is 0. The lowest BCUT2D eigenvalue weighted by atomic mass is 9.99. The fourth-order valence-electron chi connectivity index (χ4n) is 3.73. The van der Waals surface area contributed by atoms with Crippen molar-refractivity contribution in [2.75, 3.05) is 7.11 Å². The van der Waals surface area contributed by atoms with E-state index in [0.29, 0.717) is 6.54 Å². The van der Waals surface area contributed by atoms with E-state index in [2.05, 4.69) is 41.3 Å². The maximum absolute atomic E-state index is 12.9. The summed E-state index contributed by atoms with van der Waals surface area (Å²) in [5.41, 5.74) is 2.94. The van der Waals surface area contributed by atoms with Gasteiger partial charge in [0.25, 0.3) is 0 Å². The normalized spacial score (nSPS) is 12.4. The monoisotopic (exact) mass is 431 g/mol. The average molecular weight is 432 g/mol. The summed E-state index contributed by atoms with van der Waals surface area (Å²) in [5.74, 6) is 0.635. The number of carbonyl (C=O) groups is 1. The van der Waals surface area contributed by atoms with Crippen LogP contribution in [-0.4, -0.2) is 23.6 Å². The van der Waals surface area contributed by atoms with Gasteiger partial charge < -0.3 is 9.47 Å². The third-order valence-electron chi connectivity index (χ3n) is 5.18. The second-order valence-electron chi connectivity index (χ2n) is 8.96. The minimum absolute atomic E-state index is 0.117. The first-order valence-electron chi connectivity index (χ1n) is 11.0. The molecular formula is C28H33NO3. The molecule has 0 aliphatic rings. The van der Waals surface area contributed by atoms with E-state index in [1.165, 1.54) is 5.56 Å². The van der Waals surface area contributed by atoms with Crippen LogP contribution in [0.3, 0.4) is 0 Å². The van der Waals surface area contributed by atoms with Gasteiger partial charge in [-0.3, -0.25) is 9.69 Å². The molecule has 3 rings (SSSR count). The Labute approximate surface area is 191 Å². The fraction of sp³-hybridized carbons (Fsp3) is 0.321. The SMILES string of the molecule is COc1ccc(CN(Cc2ccccc2)C(CC(=O)OC(C)(C)C)c2ccccc2)cc1. The van der Waals surface area contributed by atoms with Gasteiger partial charge in [-0.05, 0) is 49.6 Å². The van der Waals surface area contributed by atoms with Gasteiger partial charge in [-0.1, -0.05) is 72.8 Å². The first kappa shape index (κ1) is 23.6. The van der Waals surface area contributed by atoms with Crippen LogP contribution in [0.5, 0.6) is 5.75 Å². The summed E-state index contributed by atoms with van der Waals surface area (Å²) in [6, 6.07) is 28.5. The van der Waals surface area contributed by atoms with Crippen LogP contribution < -0.4 is 4.74 Å². The van der Waals surface area contributed by atoms with E-state index in [9.17, 15) is 4.79 Å². The summed E-state index contributed by atoms with van der Waals surface area (Å²) in [6.07, 6.45) is 0.282. The van der Waals surface area contributed by atoms with E-state index in [4.69, 9.17) is 9.47 Å². The molecule has 0 amide bonds. The molecule has 0 aliphatic heterocycles. The molecule has 3 aromatic rings. The highest BCUT2D eigenvalue weighted by Gasteiger charge is 2.27. The first-order valence-corrected chi connectivity index (χ1v) is 11.0. The fourth-order valence-corrected chi connectivity index (χ4v) is 3.73. The molecule has 0 saturated carbocycles. The summed E-state index contributed by atoms with van der Waals surface area (Å²) in [6.45, 7) is 7.13. The van der Waals surface area contributed by atoms with E-state index < -0.39 is 5.60 Å². The predicted octanol–water partition coefficient (Wildman–Crippen LogP) is 6.17. The number of rotatable bonds is 9. The van der Waals surface area contributed by atoms with E-state index in [1.807, 2.05) is 69.3 Å². The molecule has 0 aliphatic carbocycles. The lowest BCUT2D eigenvalue weighted by molar-refractivity contribution is -0.156. The molecular weight excluding hydrogens is 398 g/mol. The van der Waals surface area contributed by atoms with Gasteiger partial charge in [-0.25, -0.2) is 0 Å². The molecule has 0 spiro atoms. The van der Waals surface area contributed by atoms with Gasteiger partial charge in [0.05, 0.1) is 13.5 Å². The maximum Gasteiger partial charge on any atom is 0.308 e. The van der Waals surface area contributed by atoms with E-state index in [-0.39, 0.29) is 18.4 Å². The molecule has 0 fully saturated rings. The highest BCUT2D eigenvalue weighted by Crippen LogP contribution is 2.30. The number of ether oxygens (including phenoxy) is 2. The quantitative estimate of drug-likeness (QED) is 0.380. The molecule has 0 bridgehead atoms. The predicted molar refractivity (Wildman–Crippen MR) is 128 cm³/mol. The summed E-state index contributed by atoms with van der Waals surface area (Å²) in [4.78, 5) is 15.2. The Kier molecular flexibility index (Phi) is 8.07. The van der Waals surface area contributed by atoms with Crippen LogP contribution in [0.1, 0.15) is 49.9 Å². The zero-order chi connectivity index (χ0) is 23.0. The summed E-state index contributed by atoms with van der Waals surface area (Å²) < 4.78 is 11.0. The van der Waals surface area contributed by atoms with Gasteiger partial charge in [-0.2, -0.15) is 0 Å². The molecule has 168 valence electrons. The molecule has 4 heteroatoms. The lowest BCUT2D eigenvalue weighted by Crippen LogP contribution is -2.32. The average Bonchev–Trinajstić information content (AvgIpc) is 2.78. The van der Waals surface area contributed by atoms with Gasteiger partial charge in [0, 0.05) is 19.1 Å². The molecule has 0 radical (unpaired) electrons. The molecule has 0 aromatic heterocycles. The highest BCUT2D eigenvalue weighted by atomic mass is 16.6. The second kappa shape index (κ2) is 11.0. The third-order valence-corrected chi connectivity index (χ3v) is 5.18. The van der Waals surface area contributed by atoms with E-state index in [0.717, 1.165) is 23.4 Å². The smallest absolute Gasteiger partial charge is 0.308 e. The number of hydrogen-bond acceptors (Lipinski definition) is 4. The zero-order valence-electron chi connectivity index (χ0n) is 19.5. The van der Waals surface area contributed by atoms with Crippen molar-refractivity contribution in [1.82, 2.24) is 4.90 Å². The van der Waals surface area contributed by atoms with Gasteiger partial charge in [0.15, 0.2) is 0 Å². The van der Waals surface area contributed by atoms with Crippen molar-refractivity contribution < 1.29 is 14.3 Å². The van der Waals surface area contributed by atoms with Crippen molar-refractivity contribution >= 4 is 5.97 Å². The molecule has 3 aromatic carbocycles. The largest absolute Gasteiger partial charge is 0.497 e. The van der Waals surface area contributed by atoms with Crippen LogP contribution in [0.4, 0.5) is 0 Å². The Balaban J connectivity index is 1.93. The van der Waals surface area contributed by atoms with E-state index >= 15 is 0 Å². The van der Waals surface area contributed by atoms with Crippen LogP contribution in [-0.2, 0) is 22.6 Å². The van der Waals surface area contributed by atoms with Crippen LogP contribution in [0.25, 0.3) is 0 Å². The van der Waals surface area contributed by atoms with Crippen molar-refractivity contribution in [1.29, 1.82) is 0 Å².